The van der Waals surface area contributed by atoms with E-state index in [2.05, 4.69) is 42.7 Å². The van der Waals surface area contributed by atoms with Crippen LogP contribution in [0.4, 0.5) is 5.95 Å². The number of fused-ring (bicyclic) bond motifs is 2. The second-order valence-corrected chi connectivity index (χ2v) is 7.43. The third-order valence-corrected chi connectivity index (χ3v) is 5.69. The van der Waals surface area contributed by atoms with Gasteiger partial charge >= 0.3 is 0 Å². The Balaban J connectivity index is 1.41. The van der Waals surface area contributed by atoms with E-state index in [9.17, 15) is 0 Å². The van der Waals surface area contributed by atoms with Crippen molar-refractivity contribution in [2.24, 2.45) is 7.05 Å². The monoisotopic (exact) mass is 377 g/mol. The summed E-state index contributed by atoms with van der Waals surface area (Å²) >= 11 is 0. The van der Waals surface area contributed by atoms with Crippen LogP contribution in [0.1, 0.15) is 25.7 Å². The molecule has 1 saturated carbocycles. The van der Waals surface area contributed by atoms with Gasteiger partial charge in [-0.15, -0.1) is 5.10 Å². The van der Waals surface area contributed by atoms with Gasteiger partial charge in [0.25, 0.3) is 0 Å². The van der Waals surface area contributed by atoms with Crippen molar-refractivity contribution in [2.75, 3.05) is 12.4 Å². The Labute approximate surface area is 162 Å². The summed E-state index contributed by atoms with van der Waals surface area (Å²) in [6, 6.07) is 6.54. The van der Waals surface area contributed by atoms with E-state index >= 15 is 0 Å². The average molecular weight is 377 g/mol. The molecule has 5 rings (SSSR count). The number of aromatic amines is 1. The van der Waals surface area contributed by atoms with Gasteiger partial charge in [-0.2, -0.15) is 4.98 Å². The zero-order valence-electron chi connectivity index (χ0n) is 16.0. The summed E-state index contributed by atoms with van der Waals surface area (Å²) in [6.45, 7) is 0. The van der Waals surface area contributed by atoms with Gasteiger partial charge < -0.3 is 15.0 Å². The van der Waals surface area contributed by atoms with E-state index < -0.39 is 0 Å². The molecule has 1 aromatic carbocycles. The molecular formula is C20H23N7O. The maximum atomic E-state index is 5.45. The van der Waals surface area contributed by atoms with Crippen molar-refractivity contribution in [3.05, 3.63) is 30.6 Å². The number of anilines is 1. The first kappa shape index (κ1) is 17.1. The number of benzene rings is 1. The maximum absolute atomic E-state index is 5.45. The molecule has 0 aliphatic heterocycles. The molecule has 0 spiro atoms. The first-order valence-electron chi connectivity index (χ1n) is 9.64. The molecule has 8 nitrogen and oxygen atoms in total. The van der Waals surface area contributed by atoms with Gasteiger partial charge in [-0.25, -0.2) is 9.67 Å². The average Bonchev–Trinajstić information content (AvgIpc) is 3.32. The highest BCUT2D eigenvalue weighted by molar-refractivity contribution is 5.95. The summed E-state index contributed by atoms with van der Waals surface area (Å²) in [7, 11) is 3.69. The van der Waals surface area contributed by atoms with Gasteiger partial charge in [-0.1, -0.05) is 11.3 Å². The van der Waals surface area contributed by atoms with Gasteiger partial charge in [0.2, 0.25) is 5.95 Å². The highest BCUT2D eigenvalue weighted by Gasteiger charge is 2.21. The number of H-pyrrole nitrogens is 1. The van der Waals surface area contributed by atoms with Crippen molar-refractivity contribution in [1.82, 2.24) is 29.9 Å². The van der Waals surface area contributed by atoms with Crippen LogP contribution in [0.5, 0.6) is 0 Å². The molecule has 0 radical (unpaired) electrons. The zero-order chi connectivity index (χ0) is 19.1. The fraction of sp³-hybridized carbons (Fsp3) is 0.400. The molecule has 0 saturated heterocycles. The van der Waals surface area contributed by atoms with Crippen molar-refractivity contribution in [2.45, 2.75) is 37.8 Å². The highest BCUT2D eigenvalue weighted by atomic mass is 16.5. The van der Waals surface area contributed by atoms with E-state index in [1.165, 1.54) is 0 Å². The summed E-state index contributed by atoms with van der Waals surface area (Å²) in [5.74, 6) is 0.674. The number of hydrogen-bond donors (Lipinski definition) is 2. The predicted molar refractivity (Wildman–Crippen MR) is 108 cm³/mol. The molecule has 0 amide bonds. The number of ether oxygens (including phenoxy) is 1. The molecule has 3 aromatic heterocycles. The Kier molecular flexibility index (Phi) is 4.20. The normalized spacial score (nSPS) is 20.1. The van der Waals surface area contributed by atoms with Gasteiger partial charge in [0.05, 0.1) is 11.6 Å². The van der Waals surface area contributed by atoms with Crippen molar-refractivity contribution < 1.29 is 4.74 Å². The molecular weight excluding hydrogens is 354 g/mol. The Hall–Kier alpha value is -3.00. The summed E-state index contributed by atoms with van der Waals surface area (Å²) in [4.78, 5) is 12.5. The minimum Gasteiger partial charge on any atom is -0.381 e. The zero-order valence-corrected chi connectivity index (χ0v) is 16.0. The van der Waals surface area contributed by atoms with Crippen LogP contribution in [0.15, 0.2) is 30.6 Å². The van der Waals surface area contributed by atoms with Crippen LogP contribution in [0, 0.1) is 0 Å². The molecule has 28 heavy (non-hydrogen) atoms. The lowest BCUT2D eigenvalue weighted by atomic mass is 9.93. The number of aromatic nitrogens is 6. The van der Waals surface area contributed by atoms with Gasteiger partial charge in [0.1, 0.15) is 11.2 Å². The van der Waals surface area contributed by atoms with Crippen molar-refractivity contribution >= 4 is 28.0 Å². The van der Waals surface area contributed by atoms with E-state index in [-0.39, 0.29) is 0 Å². The number of rotatable bonds is 4. The molecule has 0 unspecified atom stereocenters. The Bertz CT molecular complexity index is 1120. The molecule has 144 valence electrons. The number of nitrogens with zero attached hydrogens (tertiary/aromatic N) is 5. The fourth-order valence-electron chi connectivity index (χ4n) is 4.04. The van der Waals surface area contributed by atoms with Crippen LogP contribution in [0.25, 0.3) is 33.2 Å². The van der Waals surface area contributed by atoms with Crippen LogP contribution in [-0.4, -0.2) is 49.2 Å². The third kappa shape index (κ3) is 2.99. The lowest BCUT2D eigenvalue weighted by Gasteiger charge is -2.28. The van der Waals surface area contributed by atoms with E-state index in [1.54, 1.807) is 11.8 Å². The molecule has 4 aromatic rings. The second-order valence-electron chi connectivity index (χ2n) is 7.43. The molecule has 2 N–H and O–H groups in total. The molecule has 0 bridgehead atoms. The number of aryl methyl sites for hydroxylation is 1. The van der Waals surface area contributed by atoms with Crippen molar-refractivity contribution in [1.29, 1.82) is 0 Å². The molecule has 0 atom stereocenters. The van der Waals surface area contributed by atoms with Crippen LogP contribution in [0.2, 0.25) is 0 Å². The predicted octanol–water partition coefficient (Wildman–Crippen LogP) is 3.28. The topological polar surface area (TPSA) is 93.5 Å². The first-order chi connectivity index (χ1) is 13.7. The van der Waals surface area contributed by atoms with E-state index in [0.717, 1.165) is 58.9 Å². The molecule has 1 fully saturated rings. The maximum Gasteiger partial charge on any atom is 0.224 e. The van der Waals surface area contributed by atoms with Crippen LogP contribution >= 0.6 is 0 Å². The van der Waals surface area contributed by atoms with Crippen LogP contribution in [-0.2, 0) is 11.8 Å². The molecule has 3 heterocycles. The Morgan fingerprint density at radius 1 is 1.21 bits per heavy atom. The second kappa shape index (κ2) is 6.87. The SMILES string of the molecule is CO[C@H]1CC[C@@H](Nc2ncc3c(-c4ccc5nnn(C)c5c4)c[nH]c3n2)CC1. The summed E-state index contributed by atoms with van der Waals surface area (Å²) < 4.78 is 7.23. The molecule has 1 aliphatic carbocycles. The Morgan fingerprint density at radius 3 is 2.89 bits per heavy atom. The minimum absolute atomic E-state index is 0.388. The molecule has 8 heteroatoms. The summed E-state index contributed by atoms with van der Waals surface area (Å²) in [6.07, 6.45) is 8.58. The quantitative estimate of drug-likeness (QED) is 0.567. The third-order valence-electron chi connectivity index (χ3n) is 5.69. The molecule has 1 aliphatic rings. The van der Waals surface area contributed by atoms with E-state index in [4.69, 9.17) is 4.74 Å². The van der Waals surface area contributed by atoms with Crippen molar-refractivity contribution in [3.63, 3.8) is 0 Å². The standard InChI is InChI=1S/C20H23N7O/c1-27-18-9-12(3-8-17(18)25-26-27)15-10-21-19-16(15)11-22-20(24-19)23-13-4-6-14(28-2)7-5-13/h3,8-11,13-14H,4-7H2,1-2H3,(H2,21,22,23,24)/t13-,14+. The highest BCUT2D eigenvalue weighted by Crippen LogP contribution is 2.30. The van der Waals surface area contributed by atoms with Gasteiger partial charge in [0, 0.05) is 43.5 Å². The fourth-order valence-corrected chi connectivity index (χ4v) is 4.04. The lowest BCUT2D eigenvalue weighted by Crippen LogP contribution is -2.29. The van der Waals surface area contributed by atoms with E-state index in [0.29, 0.717) is 18.1 Å². The smallest absolute Gasteiger partial charge is 0.224 e. The van der Waals surface area contributed by atoms with Crippen molar-refractivity contribution in [3.8, 4) is 11.1 Å². The Morgan fingerprint density at radius 2 is 2.07 bits per heavy atom. The lowest BCUT2D eigenvalue weighted by molar-refractivity contribution is 0.0681. The summed E-state index contributed by atoms with van der Waals surface area (Å²) in [5.41, 5.74) is 4.88. The number of hydrogen-bond acceptors (Lipinski definition) is 6. The first-order valence-corrected chi connectivity index (χ1v) is 9.64. The minimum atomic E-state index is 0.388. The number of methoxy groups -OCH3 is 1. The van der Waals surface area contributed by atoms with Gasteiger partial charge in [-0.05, 0) is 43.4 Å². The van der Waals surface area contributed by atoms with Crippen LogP contribution < -0.4 is 5.32 Å². The van der Waals surface area contributed by atoms with E-state index in [1.807, 2.05) is 25.5 Å². The van der Waals surface area contributed by atoms with Gasteiger partial charge in [-0.3, -0.25) is 0 Å². The number of nitrogens with one attached hydrogen (secondary N) is 2. The van der Waals surface area contributed by atoms with Crippen LogP contribution in [0.3, 0.4) is 0 Å². The summed E-state index contributed by atoms with van der Waals surface area (Å²) in [5, 5.41) is 12.7. The largest absolute Gasteiger partial charge is 0.381 e. The van der Waals surface area contributed by atoms with Gasteiger partial charge in [0.15, 0.2) is 0 Å².